The van der Waals surface area contributed by atoms with Gasteiger partial charge in [0.2, 0.25) is 0 Å². The fourth-order valence-corrected chi connectivity index (χ4v) is 4.34. The van der Waals surface area contributed by atoms with Crippen molar-refractivity contribution in [3.05, 3.63) is 51.4 Å². The number of rotatable bonds is 7. The molecule has 3 rings (SSSR count). The predicted octanol–water partition coefficient (Wildman–Crippen LogP) is 2.63. The summed E-state index contributed by atoms with van der Waals surface area (Å²) in [4.78, 5) is 18.1. The van der Waals surface area contributed by atoms with Gasteiger partial charge in [-0.25, -0.2) is 0 Å². The molecular weight excluding hydrogens is 382 g/mol. The number of pyridine rings is 1. The van der Waals surface area contributed by atoms with Crippen molar-refractivity contribution in [2.75, 3.05) is 46.9 Å². The van der Waals surface area contributed by atoms with Crippen molar-refractivity contribution in [3.8, 4) is 17.2 Å². The zero-order chi connectivity index (χ0) is 21.8. The van der Waals surface area contributed by atoms with Crippen LogP contribution in [0.15, 0.2) is 29.1 Å². The van der Waals surface area contributed by atoms with Crippen molar-refractivity contribution < 1.29 is 14.6 Å². The molecule has 0 radical (unpaired) electrons. The van der Waals surface area contributed by atoms with Crippen LogP contribution in [0.2, 0.25) is 0 Å². The highest BCUT2D eigenvalue weighted by Crippen LogP contribution is 2.37. The van der Waals surface area contributed by atoms with Gasteiger partial charge in [0.05, 0.1) is 25.8 Å². The molecule has 1 aromatic carbocycles. The lowest BCUT2D eigenvalue weighted by molar-refractivity contribution is 0.111. The molecule has 2 aromatic rings. The van der Waals surface area contributed by atoms with Gasteiger partial charge in [0.25, 0.3) is 5.56 Å². The first kappa shape index (κ1) is 22.2. The topological polar surface area (TPSA) is 67.2 Å². The number of likely N-dealkylation sites (N-methyl/N-ethyl adjacent to an activating group) is 1. The number of benzene rings is 1. The quantitative estimate of drug-likeness (QED) is 0.750. The van der Waals surface area contributed by atoms with E-state index in [1.54, 1.807) is 24.9 Å². The van der Waals surface area contributed by atoms with Crippen LogP contribution in [-0.2, 0) is 6.54 Å². The number of aromatic nitrogens is 1. The Kier molecular flexibility index (Phi) is 7.05. The van der Waals surface area contributed by atoms with Gasteiger partial charge in [0, 0.05) is 38.4 Å². The molecule has 0 amide bonds. The average molecular weight is 416 g/mol. The Hall–Kier alpha value is -2.51. The molecule has 1 atom stereocenters. The van der Waals surface area contributed by atoms with E-state index in [0.717, 1.165) is 44.0 Å². The Labute approximate surface area is 178 Å². The Balaban J connectivity index is 2.16. The molecule has 1 saturated heterocycles. The van der Waals surface area contributed by atoms with Crippen LogP contribution in [0, 0.1) is 6.92 Å². The molecule has 1 aliphatic rings. The molecule has 1 aliphatic heterocycles. The van der Waals surface area contributed by atoms with Crippen molar-refractivity contribution in [3.63, 3.8) is 0 Å². The first-order valence-corrected chi connectivity index (χ1v) is 10.6. The summed E-state index contributed by atoms with van der Waals surface area (Å²) in [6.45, 7) is 11.0. The highest BCUT2D eigenvalue weighted by atomic mass is 16.5. The monoisotopic (exact) mass is 415 g/mol. The SMILES string of the molecule is CCN1CCN([C@@H](c2ccc(OC)c(OC)c2)c2c(O)cc(C)n(CC)c2=O)CC1. The van der Waals surface area contributed by atoms with Gasteiger partial charge in [-0.1, -0.05) is 13.0 Å². The zero-order valence-corrected chi connectivity index (χ0v) is 18.6. The number of aromatic hydroxyl groups is 1. The highest BCUT2D eigenvalue weighted by molar-refractivity contribution is 5.48. The molecular formula is C23H33N3O4. The minimum atomic E-state index is -0.366. The summed E-state index contributed by atoms with van der Waals surface area (Å²) in [6.07, 6.45) is 0. The molecule has 7 heteroatoms. The second-order valence-corrected chi connectivity index (χ2v) is 7.62. The summed E-state index contributed by atoms with van der Waals surface area (Å²) in [7, 11) is 3.20. The molecule has 1 aromatic heterocycles. The van der Waals surface area contributed by atoms with Crippen LogP contribution < -0.4 is 15.0 Å². The summed E-state index contributed by atoms with van der Waals surface area (Å²) in [5.41, 5.74) is 1.93. The maximum absolute atomic E-state index is 13.4. The minimum Gasteiger partial charge on any atom is -0.507 e. The van der Waals surface area contributed by atoms with Crippen LogP contribution >= 0.6 is 0 Å². The molecule has 7 nitrogen and oxygen atoms in total. The zero-order valence-electron chi connectivity index (χ0n) is 18.6. The third kappa shape index (κ3) is 4.18. The van der Waals surface area contributed by atoms with Gasteiger partial charge in [-0.15, -0.1) is 0 Å². The molecule has 30 heavy (non-hydrogen) atoms. The Morgan fingerprint density at radius 3 is 2.23 bits per heavy atom. The lowest BCUT2D eigenvalue weighted by Crippen LogP contribution is -2.48. The van der Waals surface area contributed by atoms with E-state index in [2.05, 4.69) is 16.7 Å². The van der Waals surface area contributed by atoms with Crippen molar-refractivity contribution >= 4 is 0 Å². The van der Waals surface area contributed by atoms with E-state index in [-0.39, 0.29) is 17.4 Å². The number of methoxy groups -OCH3 is 2. The number of piperazine rings is 1. The first-order valence-electron chi connectivity index (χ1n) is 10.6. The number of ether oxygens (including phenoxy) is 2. The normalized spacial score (nSPS) is 16.4. The maximum Gasteiger partial charge on any atom is 0.259 e. The fraction of sp³-hybridized carbons (Fsp3) is 0.522. The van der Waals surface area contributed by atoms with Crippen molar-refractivity contribution in [2.45, 2.75) is 33.4 Å². The van der Waals surface area contributed by atoms with Crippen LogP contribution in [0.4, 0.5) is 0 Å². The molecule has 2 heterocycles. The molecule has 0 saturated carbocycles. The van der Waals surface area contributed by atoms with Crippen LogP contribution in [0.5, 0.6) is 17.2 Å². The smallest absolute Gasteiger partial charge is 0.259 e. The molecule has 1 N–H and O–H groups in total. The number of hydrogen-bond acceptors (Lipinski definition) is 6. The van der Waals surface area contributed by atoms with Crippen molar-refractivity contribution in [1.29, 1.82) is 0 Å². The minimum absolute atomic E-state index is 0.0416. The van der Waals surface area contributed by atoms with Crippen LogP contribution in [0.1, 0.15) is 36.7 Å². The standard InChI is InChI=1S/C23H33N3O4/c1-6-24-10-12-25(13-11-24)22(17-8-9-19(29-4)20(15-17)30-5)21-18(27)14-16(3)26(7-2)23(21)28/h8-9,14-15,22,27H,6-7,10-13H2,1-5H3/t22-/m0/s1. The molecule has 0 spiro atoms. The third-order valence-electron chi connectivity index (χ3n) is 6.06. The lowest BCUT2D eigenvalue weighted by atomic mass is 9.95. The maximum atomic E-state index is 13.4. The Morgan fingerprint density at radius 1 is 1.00 bits per heavy atom. The Morgan fingerprint density at radius 2 is 1.67 bits per heavy atom. The third-order valence-corrected chi connectivity index (χ3v) is 6.06. The lowest BCUT2D eigenvalue weighted by Gasteiger charge is -2.39. The predicted molar refractivity (Wildman–Crippen MR) is 118 cm³/mol. The molecule has 0 bridgehead atoms. The molecule has 0 unspecified atom stereocenters. The van der Waals surface area contributed by atoms with Crippen molar-refractivity contribution in [2.24, 2.45) is 0 Å². The van der Waals surface area contributed by atoms with E-state index in [9.17, 15) is 9.90 Å². The van der Waals surface area contributed by atoms with E-state index in [0.29, 0.717) is 23.6 Å². The van der Waals surface area contributed by atoms with E-state index in [1.807, 2.05) is 32.0 Å². The second kappa shape index (κ2) is 9.53. The summed E-state index contributed by atoms with van der Waals surface area (Å²) in [5, 5.41) is 10.9. The van der Waals surface area contributed by atoms with Gasteiger partial charge in [-0.3, -0.25) is 9.69 Å². The average Bonchev–Trinajstić information content (AvgIpc) is 2.76. The highest BCUT2D eigenvalue weighted by Gasteiger charge is 2.31. The summed E-state index contributed by atoms with van der Waals surface area (Å²) >= 11 is 0. The van der Waals surface area contributed by atoms with E-state index >= 15 is 0 Å². The molecule has 1 fully saturated rings. The largest absolute Gasteiger partial charge is 0.507 e. The van der Waals surface area contributed by atoms with Gasteiger partial charge in [-0.05, 0) is 44.2 Å². The first-order chi connectivity index (χ1) is 14.4. The van der Waals surface area contributed by atoms with Gasteiger partial charge in [0.15, 0.2) is 11.5 Å². The van der Waals surface area contributed by atoms with E-state index < -0.39 is 0 Å². The summed E-state index contributed by atoms with van der Waals surface area (Å²) in [5.74, 6) is 1.28. The van der Waals surface area contributed by atoms with E-state index in [4.69, 9.17) is 9.47 Å². The summed E-state index contributed by atoms with van der Waals surface area (Å²) in [6, 6.07) is 7.04. The van der Waals surface area contributed by atoms with Crippen LogP contribution in [0.3, 0.4) is 0 Å². The van der Waals surface area contributed by atoms with Gasteiger partial charge >= 0.3 is 0 Å². The summed E-state index contributed by atoms with van der Waals surface area (Å²) < 4.78 is 12.6. The van der Waals surface area contributed by atoms with Gasteiger partial charge in [0.1, 0.15) is 5.75 Å². The number of nitrogens with zero attached hydrogens (tertiary/aromatic N) is 3. The van der Waals surface area contributed by atoms with Crippen molar-refractivity contribution in [1.82, 2.24) is 14.4 Å². The van der Waals surface area contributed by atoms with E-state index in [1.165, 1.54) is 0 Å². The molecule has 164 valence electrons. The number of aryl methyl sites for hydroxylation is 1. The Bertz CT molecular complexity index is 933. The fourth-order valence-electron chi connectivity index (χ4n) is 4.34. The molecule has 0 aliphatic carbocycles. The van der Waals surface area contributed by atoms with Gasteiger partial charge in [-0.2, -0.15) is 0 Å². The number of hydrogen-bond donors (Lipinski definition) is 1. The van der Waals surface area contributed by atoms with Gasteiger partial charge < -0.3 is 24.0 Å². The second-order valence-electron chi connectivity index (χ2n) is 7.62. The van der Waals surface area contributed by atoms with Crippen LogP contribution in [-0.4, -0.2) is 66.4 Å². The van der Waals surface area contributed by atoms with Crippen LogP contribution in [0.25, 0.3) is 0 Å².